The standard InChI is InChI=1S/C25H22N2O5/c1-17(20-10-11-23-24(16-20)32-13-12-31-23)26-25(28)22(19-7-3-2-4-8-19)15-18-6-5-9-21(14-18)27(29)30/h2-11,14-17H,12-13H2,1H3,(H,26,28)/b22-15+. The molecule has 0 aliphatic carbocycles. The fraction of sp³-hybridized carbons (Fsp3) is 0.160. The summed E-state index contributed by atoms with van der Waals surface area (Å²) in [5.74, 6) is 1.06. The maximum atomic E-state index is 13.3. The van der Waals surface area contributed by atoms with Gasteiger partial charge < -0.3 is 14.8 Å². The molecule has 0 radical (unpaired) electrons. The van der Waals surface area contributed by atoms with E-state index in [1.54, 1.807) is 18.2 Å². The Morgan fingerprint density at radius 3 is 2.50 bits per heavy atom. The lowest BCUT2D eigenvalue weighted by atomic mass is 10.0. The van der Waals surface area contributed by atoms with E-state index in [1.807, 2.05) is 55.5 Å². The van der Waals surface area contributed by atoms with Gasteiger partial charge in [0.15, 0.2) is 11.5 Å². The van der Waals surface area contributed by atoms with Crippen molar-refractivity contribution in [2.24, 2.45) is 0 Å². The number of hydrogen-bond donors (Lipinski definition) is 1. The second-order valence-electron chi connectivity index (χ2n) is 7.37. The van der Waals surface area contributed by atoms with Gasteiger partial charge in [-0.15, -0.1) is 0 Å². The molecule has 1 heterocycles. The predicted octanol–water partition coefficient (Wildman–Crippen LogP) is 4.78. The third-order valence-electron chi connectivity index (χ3n) is 5.14. The monoisotopic (exact) mass is 430 g/mol. The van der Waals surface area contributed by atoms with Gasteiger partial charge in [0.2, 0.25) is 0 Å². The highest BCUT2D eigenvalue weighted by Crippen LogP contribution is 2.33. The Morgan fingerprint density at radius 2 is 1.75 bits per heavy atom. The molecule has 0 aromatic heterocycles. The molecule has 7 nitrogen and oxygen atoms in total. The van der Waals surface area contributed by atoms with Crippen molar-refractivity contribution in [1.82, 2.24) is 5.32 Å². The molecule has 0 saturated heterocycles. The molecule has 0 bridgehead atoms. The number of nitrogens with zero attached hydrogens (tertiary/aromatic N) is 1. The minimum absolute atomic E-state index is 0.0313. The number of fused-ring (bicyclic) bond motifs is 1. The zero-order chi connectivity index (χ0) is 22.5. The number of nitrogens with one attached hydrogen (secondary N) is 1. The Morgan fingerprint density at radius 1 is 1.00 bits per heavy atom. The van der Waals surface area contributed by atoms with Crippen molar-refractivity contribution in [3.8, 4) is 11.5 Å². The van der Waals surface area contributed by atoms with Crippen LogP contribution in [0.3, 0.4) is 0 Å². The molecule has 1 atom stereocenters. The summed E-state index contributed by atoms with van der Waals surface area (Å²) < 4.78 is 11.2. The summed E-state index contributed by atoms with van der Waals surface area (Å²) in [5, 5.41) is 14.2. The van der Waals surface area contributed by atoms with Gasteiger partial charge in [0.05, 0.1) is 11.0 Å². The summed E-state index contributed by atoms with van der Waals surface area (Å²) in [6, 6.07) is 20.7. The lowest BCUT2D eigenvalue weighted by Gasteiger charge is -2.21. The summed E-state index contributed by atoms with van der Waals surface area (Å²) in [6.07, 6.45) is 1.66. The molecule has 1 unspecified atom stereocenters. The van der Waals surface area contributed by atoms with Gasteiger partial charge in [-0.05, 0) is 41.8 Å². The SMILES string of the molecule is CC(NC(=O)/C(=C/c1cccc([N+](=O)[O-])c1)c1ccccc1)c1ccc2c(c1)OCCO2. The number of carbonyl (C=O) groups is 1. The number of non-ortho nitro benzene ring substituents is 1. The molecule has 1 amide bonds. The second kappa shape index (κ2) is 9.34. The highest BCUT2D eigenvalue weighted by molar-refractivity contribution is 6.24. The van der Waals surface area contributed by atoms with E-state index >= 15 is 0 Å². The van der Waals surface area contributed by atoms with Crippen LogP contribution in [-0.2, 0) is 4.79 Å². The number of nitro groups is 1. The van der Waals surface area contributed by atoms with E-state index in [0.717, 1.165) is 5.56 Å². The molecule has 3 aromatic rings. The van der Waals surface area contributed by atoms with E-state index < -0.39 is 4.92 Å². The van der Waals surface area contributed by atoms with Crippen molar-refractivity contribution >= 4 is 23.2 Å². The molecule has 1 aliphatic heterocycles. The predicted molar refractivity (Wildman–Crippen MR) is 121 cm³/mol. The fourth-order valence-electron chi connectivity index (χ4n) is 3.48. The number of carbonyl (C=O) groups excluding carboxylic acids is 1. The molecule has 162 valence electrons. The lowest BCUT2D eigenvalue weighted by molar-refractivity contribution is -0.384. The van der Waals surface area contributed by atoms with E-state index in [1.165, 1.54) is 12.1 Å². The second-order valence-corrected chi connectivity index (χ2v) is 7.37. The molecular weight excluding hydrogens is 408 g/mol. The average molecular weight is 430 g/mol. The van der Waals surface area contributed by atoms with E-state index in [2.05, 4.69) is 5.32 Å². The van der Waals surface area contributed by atoms with Gasteiger partial charge in [-0.2, -0.15) is 0 Å². The zero-order valence-electron chi connectivity index (χ0n) is 17.5. The van der Waals surface area contributed by atoms with Gasteiger partial charge in [-0.3, -0.25) is 14.9 Å². The first kappa shape index (κ1) is 21.1. The van der Waals surface area contributed by atoms with E-state index in [4.69, 9.17) is 9.47 Å². The van der Waals surface area contributed by atoms with E-state index in [-0.39, 0.29) is 17.6 Å². The maximum Gasteiger partial charge on any atom is 0.270 e. The van der Waals surface area contributed by atoms with Crippen molar-refractivity contribution < 1.29 is 19.2 Å². The minimum Gasteiger partial charge on any atom is -0.486 e. The number of ether oxygens (including phenoxy) is 2. The molecule has 1 aliphatic rings. The molecule has 32 heavy (non-hydrogen) atoms. The third kappa shape index (κ3) is 4.78. The largest absolute Gasteiger partial charge is 0.486 e. The number of amides is 1. The first-order valence-corrected chi connectivity index (χ1v) is 10.2. The van der Waals surface area contributed by atoms with E-state index in [9.17, 15) is 14.9 Å². The van der Waals surface area contributed by atoms with E-state index in [0.29, 0.717) is 41.4 Å². The Hall–Kier alpha value is -4.13. The van der Waals surface area contributed by atoms with Crippen LogP contribution in [0.15, 0.2) is 72.8 Å². The van der Waals surface area contributed by atoms with Gasteiger partial charge in [0, 0.05) is 17.7 Å². The molecule has 1 N–H and O–H groups in total. The molecule has 0 saturated carbocycles. The zero-order valence-corrected chi connectivity index (χ0v) is 17.5. The third-order valence-corrected chi connectivity index (χ3v) is 5.14. The quantitative estimate of drug-likeness (QED) is 0.263. The van der Waals surface area contributed by atoms with Gasteiger partial charge in [-0.1, -0.05) is 48.5 Å². The van der Waals surface area contributed by atoms with Crippen molar-refractivity contribution in [3.63, 3.8) is 0 Å². The number of nitro benzene ring substituents is 1. The summed E-state index contributed by atoms with van der Waals surface area (Å²) in [7, 11) is 0. The Labute approximate surface area is 185 Å². The van der Waals surface area contributed by atoms with Crippen molar-refractivity contribution in [2.45, 2.75) is 13.0 Å². The summed E-state index contributed by atoms with van der Waals surface area (Å²) in [4.78, 5) is 23.9. The highest BCUT2D eigenvalue weighted by atomic mass is 16.6. The van der Waals surface area contributed by atoms with Crippen LogP contribution >= 0.6 is 0 Å². The first-order chi connectivity index (χ1) is 15.5. The molecular formula is C25H22N2O5. The average Bonchev–Trinajstić information content (AvgIpc) is 2.82. The Bertz CT molecular complexity index is 1170. The smallest absolute Gasteiger partial charge is 0.270 e. The van der Waals surface area contributed by atoms with Gasteiger partial charge in [-0.25, -0.2) is 0 Å². The summed E-state index contributed by atoms with van der Waals surface area (Å²) in [6.45, 7) is 2.89. The highest BCUT2D eigenvalue weighted by Gasteiger charge is 2.19. The molecule has 4 rings (SSSR count). The van der Waals surface area contributed by atoms with Crippen LogP contribution in [-0.4, -0.2) is 24.0 Å². The van der Waals surface area contributed by atoms with Crippen LogP contribution in [0.1, 0.15) is 29.7 Å². The number of hydrogen-bond acceptors (Lipinski definition) is 5. The fourth-order valence-corrected chi connectivity index (χ4v) is 3.48. The Balaban J connectivity index is 1.62. The van der Waals surface area contributed by atoms with Crippen LogP contribution in [0.2, 0.25) is 0 Å². The number of benzene rings is 3. The van der Waals surface area contributed by atoms with Crippen LogP contribution in [0.25, 0.3) is 11.6 Å². The number of rotatable bonds is 6. The van der Waals surface area contributed by atoms with Crippen LogP contribution in [0.5, 0.6) is 11.5 Å². The van der Waals surface area contributed by atoms with Crippen molar-refractivity contribution in [1.29, 1.82) is 0 Å². The van der Waals surface area contributed by atoms with Crippen LogP contribution in [0.4, 0.5) is 5.69 Å². The molecule has 3 aromatic carbocycles. The molecule has 7 heteroatoms. The van der Waals surface area contributed by atoms with Gasteiger partial charge >= 0.3 is 0 Å². The van der Waals surface area contributed by atoms with Crippen LogP contribution in [0, 0.1) is 10.1 Å². The summed E-state index contributed by atoms with van der Waals surface area (Å²) >= 11 is 0. The Kier molecular flexibility index (Phi) is 6.17. The molecule has 0 fully saturated rings. The van der Waals surface area contributed by atoms with Crippen molar-refractivity contribution in [3.05, 3.63) is 99.6 Å². The van der Waals surface area contributed by atoms with Crippen LogP contribution < -0.4 is 14.8 Å². The maximum absolute atomic E-state index is 13.3. The van der Waals surface area contributed by atoms with Crippen molar-refractivity contribution in [2.75, 3.05) is 13.2 Å². The minimum atomic E-state index is -0.455. The lowest BCUT2D eigenvalue weighted by Crippen LogP contribution is -2.27. The first-order valence-electron chi connectivity index (χ1n) is 10.2. The van der Waals surface area contributed by atoms with Gasteiger partial charge in [0.1, 0.15) is 13.2 Å². The van der Waals surface area contributed by atoms with Gasteiger partial charge in [0.25, 0.3) is 11.6 Å². The topological polar surface area (TPSA) is 90.7 Å². The summed E-state index contributed by atoms with van der Waals surface area (Å²) in [5.41, 5.74) is 2.54. The normalized spacial score (nSPS) is 13.8. The molecule has 0 spiro atoms.